The van der Waals surface area contributed by atoms with Crippen LogP contribution in [0.15, 0.2) is 35.9 Å². The number of aromatic nitrogens is 1. The van der Waals surface area contributed by atoms with Gasteiger partial charge in [0.1, 0.15) is 10.6 Å². The number of halogens is 1. The van der Waals surface area contributed by atoms with Gasteiger partial charge >= 0.3 is 12.0 Å². The van der Waals surface area contributed by atoms with Crippen molar-refractivity contribution in [2.75, 3.05) is 12.0 Å². The monoisotopic (exact) mass is 511 g/mol. The standard InChI is InChI=1S/C25H22ClN3O5S/c1-12-10-16(14(3)28(12)23-20(24(32)34-5)13(2)15(4)35-23)11-19-21(30)27-25(33)29(22(19)31)18-8-6-17(26)7-9-18/h6-11H,1-5H3,(H,27,30,33)/b19-11+. The molecule has 4 amide bonds. The summed E-state index contributed by atoms with van der Waals surface area (Å²) in [7, 11) is 1.34. The maximum absolute atomic E-state index is 13.2. The fraction of sp³-hybridized carbons (Fsp3) is 0.200. The molecule has 0 spiro atoms. The number of anilines is 1. The van der Waals surface area contributed by atoms with E-state index in [4.69, 9.17) is 16.3 Å². The van der Waals surface area contributed by atoms with Crippen LogP contribution in [0.3, 0.4) is 0 Å². The number of methoxy groups -OCH3 is 1. The maximum Gasteiger partial charge on any atom is 0.341 e. The molecule has 3 aromatic rings. The van der Waals surface area contributed by atoms with Crippen molar-refractivity contribution < 1.29 is 23.9 Å². The van der Waals surface area contributed by atoms with Crippen LogP contribution in [0.25, 0.3) is 11.1 Å². The largest absolute Gasteiger partial charge is 0.465 e. The molecule has 2 aromatic heterocycles. The Kier molecular flexibility index (Phi) is 6.40. The van der Waals surface area contributed by atoms with Crippen LogP contribution in [0.2, 0.25) is 5.02 Å². The van der Waals surface area contributed by atoms with Crippen molar-refractivity contribution in [3.63, 3.8) is 0 Å². The first kappa shape index (κ1) is 24.4. The van der Waals surface area contributed by atoms with E-state index in [1.807, 2.05) is 38.3 Å². The Morgan fingerprint density at radius 3 is 2.37 bits per heavy atom. The summed E-state index contributed by atoms with van der Waals surface area (Å²) in [6.45, 7) is 7.50. The summed E-state index contributed by atoms with van der Waals surface area (Å²) in [5.74, 6) is -1.97. The van der Waals surface area contributed by atoms with Crippen molar-refractivity contribution in [1.29, 1.82) is 0 Å². The lowest BCUT2D eigenvalue weighted by molar-refractivity contribution is -0.122. The zero-order valence-corrected chi connectivity index (χ0v) is 21.3. The summed E-state index contributed by atoms with van der Waals surface area (Å²) >= 11 is 7.38. The van der Waals surface area contributed by atoms with E-state index in [0.29, 0.717) is 21.2 Å². The second kappa shape index (κ2) is 9.16. The first-order chi connectivity index (χ1) is 16.5. The minimum absolute atomic E-state index is 0.188. The number of benzene rings is 1. The average molecular weight is 512 g/mol. The molecule has 1 aliphatic heterocycles. The molecule has 0 aliphatic carbocycles. The van der Waals surface area contributed by atoms with Crippen molar-refractivity contribution in [1.82, 2.24) is 9.88 Å². The number of hydrogen-bond donors (Lipinski definition) is 1. The molecule has 0 bridgehead atoms. The Hall–Kier alpha value is -3.69. The number of carbonyl (C=O) groups is 4. The normalized spacial score (nSPS) is 15.1. The summed E-state index contributed by atoms with van der Waals surface area (Å²) < 4.78 is 6.90. The summed E-state index contributed by atoms with van der Waals surface area (Å²) in [6.07, 6.45) is 1.46. The van der Waals surface area contributed by atoms with Gasteiger partial charge in [0.05, 0.1) is 18.4 Å². The lowest BCUT2D eigenvalue weighted by Gasteiger charge is -2.26. The van der Waals surface area contributed by atoms with Gasteiger partial charge < -0.3 is 9.30 Å². The van der Waals surface area contributed by atoms with E-state index >= 15 is 0 Å². The van der Waals surface area contributed by atoms with Crippen LogP contribution < -0.4 is 10.2 Å². The molecule has 1 fully saturated rings. The summed E-state index contributed by atoms with van der Waals surface area (Å²) in [4.78, 5) is 52.7. The van der Waals surface area contributed by atoms with Gasteiger partial charge in [-0.3, -0.25) is 14.9 Å². The number of esters is 1. The number of hydrogen-bond acceptors (Lipinski definition) is 6. The second-order valence-corrected chi connectivity index (χ2v) is 9.69. The van der Waals surface area contributed by atoms with E-state index in [1.54, 1.807) is 12.1 Å². The number of nitrogens with one attached hydrogen (secondary N) is 1. The third kappa shape index (κ3) is 4.17. The van der Waals surface area contributed by atoms with E-state index in [-0.39, 0.29) is 11.3 Å². The molecule has 1 N–H and O–H groups in total. The molecule has 8 nitrogen and oxygen atoms in total. The third-order valence-corrected chi connectivity index (χ3v) is 7.36. The van der Waals surface area contributed by atoms with Crippen molar-refractivity contribution in [3.8, 4) is 5.00 Å². The summed E-state index contributed by atoms with van der Waals surface area (Å²) in [6, 6.07) is 7.13. The number of imide groups is 2. The number of amides is 4. The fourth-order valence-corrected chi connectivity index (χ4v) is 5.37. The number of barbiturate groups is 1. The number of ether oxygens (including phenoxy) is 1. The summed E-state index contributed by atoms with van der Waals surface area (Å²) in [5.41, 5.74) is 3.53. The second-order valence-electron chi connectivity index (χ2n) is 8.05. The van der Waals surface area contributed by atoms with Crippen molar-refractivity contribution in [2.45, 2.75) is 27.7 Å². The number of rotatable bonds is 4. The van der Waals surface area contributed by atoms with E-state index in [9.17, 15) is 19.2 Å². The Morgan fingerprint density at radius 2 is 1.74 bits per heavy atom. The van der Waals surface area contributed by atoms with Gasteiger partial charge in [0.15, 0.2) is 0 Å². The molecule has 0 atom stereocenters. The minimum atomic E-state index is -0.836. The fourth-order valence-electron chi connectivity index (χ4n) is 3.99. The van der Waals surface area contributed by atoms with E-state index < -0.39 is 23.8 Å². The van der Waals surface area contributed by atoms with Gasteiger partial charge in [-0.15, -0.1) is 11.3 Å². The van der Waals surface area contributed by atoms with Gasteiger partial charge in [-0.1, -0.05) is 11.6 Å². The highest BCUT2D eigenvalue weighted by Crippen LogP contribution is 2.35. The molecule has 10 heteroatoms. The van der Waals surface area contributed by atoms with Gasteiger partial charge in [-0.25, -0.2) is 14.5 Å². The zero-order valence-electron chi connectivity index (χ0n) is 19.7. The number of urea groups is 1. The molecule has 180 valence electrons. The van der Waals surface area contributed by atoms with Gasteiger partial charge in [-0.2, -0.15) is 0 Å². The number of thiophene rings is 1. The predicted octanol–water partition coefficient (Wildman–Crippen LogP) is 4.88. The molecule has 35 heavy (non-hydrogen) atoms. The number of nitrogens with zero attached hydrogens (tertiary/aromatic N) is 2. The molecule has 1 aliphatic rings. The van der Waals surface area contributed by atoms with E-state index in [0.717, 1.165) is 26.7 Å². The van der Waals surface area contributed by atoms with Crippen LogP contribution in [0.5, 0.6) is 0 Å². The number of carbonyl (C=O) groups excluding carboxylic acids is 4. The van der Waals surface area contributed by atoms with Gasteiger partial charge in [0.25, 0.3) is 11.8 Å². The molecule has 1 saturated heterocycles. The highest BCUT2D eigenvalue weighted by molar-refractivity contribution is 7.15. The topological polar surface area (TPSA) is 97.7 Å². The predicted molar refractivity (Wildman–Crippen MR) is 134 cm³/mol. The van der Waals surface area contributed by atoms with Gasteiger partial charge in [-0.05, 0) is 75.2 Å². The Labute approximate surface area is 210 Å². The zero-order chi connectivity index (χ0) is 25.6. The Bertz CT molecular complexity index is 1430. The SMILES string of the molecule is COC(=O)c1c(-n2c(C)cc(/C=C3\C(=O)NC(=O)N(c4ccc(Cl)cc4)C3=O)c2C)sc(C)c1C. The maximum atomic E-state index is 13.2. The van der Waals surface area contributed by atoms with Crippen LogP contribution in [0.1, 0.15) is 37.7 Å². The third-order valence-electron chi connectivity index (χ3n) is 5.92. The minimum Gasteiger partial charge on any atom is -0.465 e. The summed E-state index contributed by atoms with van der Waals surface area (Å²) in [5, 5.41) is 3.36. The van der Waals surface area contributed by atoms with Crippen LogP contribution in [0.4, 0.5) is 10.5 Å². The molecule has 0 unspecified atom stereocenters. The molecular formula is C25H22ClN3O5S. The van der Waals surface area contributed by atoms with Crippen LogP contribution in [0, 0.1) is 27.7 Å². The number of aryl methyl sites for hydroxylation is 2. The van der Waals surface area contributed by atoms with E-state index in [1.165, 1.54) is 36.7 Å². The molecule has 4 rings (SSSR count). The van der Waals surface area contributed by atoms with Crippen molar-refractivity contribution in [3.05, 3.63) is 73.9 Å². The lowest BCUT2D eigenvalue weighted by atomic mass is 10.1. The van der Waals surface area contributed by atoms with Gasteiger partial charge in [0, 0.05) is 21.3 Å². The highest BCUT2D eigenvalue weighted by Gasteiger charge is 2.37. The first-order valence-electron chi connectivity index (χ1n) is 10.6. The van der Waals surface area contributed by atoms with Crippen LogP contribution in [-0.4, -0.2) is 35.5 Å². The van der Waals surface area contributed by atoms with Crippen LogP contribution in [-0.2, 0) is 14.3 Å². The molecule has 0 radical (unpaired) electrons. The Morgan fingerprint density at radius 1 is 1.09 bits per heavy atom. The Balaban J connectivity index is 1.81. The molecule has 0 saturated carbocycles. The van der Waals surface area contributed by atoms with E-state index in [2.05, 4.69) is 5.32 Å². The molecular weight excluding hydrogens is 490 g/mol. The highest BCUT2D eigenvalue weighted by atomic mass is 35.5. The lowest BCUT2D eigenvalue weighted by Crippen LogP contribution is -2.54. The smallest absolute Gasteiger partial charge is 0.341 e. The van der Waals surface area contributed by atoms with Gasteiger partial charge in [0.2, 0.25) is 0 Å². The van der Waals surface area contributed by atoms with Crippen molar-refractivity contribution >= 4 is 58.5 Å². The quantitative estimate of drug-likeness (QED) is 0.306. The first-order valence-corrected chi connectivity index (χ1v) is 11.8. The molecule has 3 heterocycles. The van der Waals surface area contributed by atoms with Crippen LogP contribution >= 0.6 is 22.9 Å². The van der Waals surface area contributed by atoms with Crippen molar-refractivity contribution in [2.24, 2.45) is 0 Å². The average Bonchev–Trinajstić information content (AvgIpc) is 3.25. The molecule has 1 aromatic carbocycles.